The van der Waals surface area contributed by atoms with E-state index in [1.807, 2.05) is 6.92 Å². The Morgan fingerprint density at radius 3 is 2.30 bits per heavy atom. The van der Waals surface area contributed by atoms with Crippen LogP contribution < -0.4 is 11.1 Å². The highest BCUT2D eigenvalue weighted by Gasteiger charge is 2.29. The lowest BCUT2D eigenvalue weighted by Gasteiger charge is -2.31. The molecule has 0 aliphatic carbocycles. The second kappa shape index (κ2) is 8.71. The Bertz CT molecular complexity index is 738. The zero-order valence-corrected chi connectivity index (χ0v) is 17.7. The van der Waals surface area contributed by atoms with Crippen LogP contribution in [-0.2, 0) is 10.0 Å². The van der Waals surface area contributed by atoms with Crippen molar-refractivity contribution in [3.8, 4) is 0 Å². The minimum absolute atomic E-state index is 0.234. The van der Waals surface area contributed by atoms with Gasteiger partial charge in [-0.15, -0.1) is 0 Å². The van der Waals surface area contributed by atoms with Crippen LogP contribution >= 0.6 is 0 Å². The van der Waals surface area contributed by atoms with Crippen LogP contribution in [-0.4, -0.2) is 43.8 Å². The van der Waals surface area contributed by atoms with Crippen molar-refractivity contribution in [3.63, 3.8) is 0 Å². The minimum Gasteiger partial charge on any atom is -0.346 e. The molecular formula is C20H33N3O3S. The summed E-state index contributed by atoms with van der Waals surface area (Å²) in [5, 5.41) is 2.99. The number of amides is 1. The van der Waals surface area contributed by atoms with E-state index in [-0.39, 0.29) is 10.8 Å². The molecule has 27 heavy (non-hydrogen) atoms. The lowest BCUT2D eigenvalue weighted by Crippen LogP contribution is -2.52. The number of benzene rings is 1. The van der Waals surface area contributed by atoms with Crippen LogP contribution in [0.4, 0.5) is 0 Å². The van der Waals surface area contributed by atoms with Gasteiger partial charge >= 0.3 is 0 Å². The average molecular weight is 396 g/mol. The van der Waals surface area contributed by atoms with Gasteiger partial charge in [0.15, 0.2) is 0 Å². The van der Waals surface area contributed by atoms with Gasteiger partial charge in [0.2, 0.25) is 10.0 Å². The fourth-order valence-electron chi connectivity index (χ4n) is 3.59. The highest BCUT2D eigenvalue weighted by molar-refractivity contribution is 7.89. The molecule has 1 saturated heterocycles. The standard InChI is InChI=1S/C20H33N3O3S/c1-15(2)13-20(4,14-21)22-19(24)17-5-7-18(8-6-17)27(25,26)23-11-9-16(3)10-12-23/h5-8,15-16H,9-14,21H2,1-4H3,(H,22,24). The number of nitrogens with zero attached hydrogens (tertiary/aromatic N) is 1. The molecule has 7 heteroatoms. The maximum Gasteiger partial charge on any atom is 0.251 e. The van der Waals surface area contributed by atoms with E-state index in [1.165, 1.54) is 16.4 Å². The van der Waals surface area contributed by atoms with Crippen molar-refractivity contribution in [1.82, 2.24) is 9.62 Å². The van der Waals surface area contributed by atoms with Crippen LogP contribution in [0.15, 0.2) is 29.2 Å². The van der Waals surface area contributed by atoms with Gasteiger partial charge in [0.1, 0.15) is 0 Å². The number of piperidine rings is 1. The van der Waals surface area contributed by atoms with E-state index in [9.17, 15) is 13.2 Å². The van der Waals surface area contributed by atoms with Crippen molar-refractivity contribution in [2.45, 2.75) is 57.4 Å². The summed E-state index contributed by atoms with van der Waals surface area (Å²) in [4.78, 5) is 12.8. The summed E-state index contributed by atoms with van der Waals surface area (Å²) in [6.45, 7) is 9.69. The number of hydrogen-bond acceptors (Lipinski definition) is 4. The maximum atomic E-state index is 12.8. The van der Waals surface area contributed by atoms with E-state index in [0.29, 0.717) is 37.0 Å². The summed E-state index contributed by atoms with van der Waals surface area (Å²) in [6, 6.07) is 6.18. The molecule has 1 amide bonds. The van der Waals surface area contributed by atoms with Gasteiger partial charge in [0.25, 0.3) is 5.91 Å². The average Bonchev–Trinajstić information content (AvgIpc) is 2.61. The molecule has 1 aromatic rings. The highest BCUT2D eigenvalue weighted by atomic mass is 32.2. The molecule has 1 aliphatic rings. The van der Waals surface area contributed by atoms with Crippen molar-refractivity contribution in [2.24, 2.45) is 17.6 Å². The quantitative estimate of drug-likeness (QED) is 0.742. The smallest absolute Gasteiger partial charge is 0.251 e. The van der Waals surface area contributed by atoms with Crippen molar-refractivity contribution in [2.75, 3.05) is 19.6 Å². The summed E-state index contributed by atoms with van der Waals surface area (Å²) in [7, 11) is -3.50. The summed E-state index contributed by atoms with van der Waals surface area (Å²) < 4.78 is 27.1. The second-order valence-electron chi connectivity index (χ2n) is 8.43. The third kappa shape index (κ3) is 5.53. The molecule has 3 N–H and O–H groups in total. The van der Waals surface area contributed by atoms with Crippen molar-refractivity contribution in [3.05, 3.63) is 29.8 Å². The monoisotopic (exact) mass is 395 g/mol. The van der Waals surface area contributed by atoms with E-state index >= 15 is 0 Å². The van der Waals surface area contributed by atoms with Gasteiger partial charge < -0.3 is 11.1 Å². The Kier molecular flexibility index (Phi) is 7.05. The molecule has 0 spiro atoms. The molecule has 1 aromatic carbocycles. The molecule has 1 atom stereocenters. The first-order valence-electron chi connectivity index (χ1n) is 9.70. The Hall–Kier alpha value is -1.44. The van der Waals surface area contributed by atoms with Gasteiger partial charge in [0.05, 0.1) is 4.90 Å². The topological polar surface area (TPSA) is 92.5 Å². The molecule has 0 aromatic heterocycles. The number of nitrogens with two attached hydrogens (primary N) is 1. The number of carbonyl (C=O) groups excluding carboxylic acids is 1. The second-order valence-corrected chi connectivity index (χ2v) is 10.4. The molecule has 6 nitrogen and oxygen atoms in total. The molecule has 0 saturated carbocycles. The fraction of sp³-hybridized carbons (Fsp3) is 0.650. The molecular weight excluding hydrogens is 362 g/mol. The van der Waals surface area contributed by atoms with Crippen LogP contribution in [0.3, 0.4) is 0 Å². The summed E-state index contributed by atoms with van der Waals surface area (Å²) >= 11 is 0. The number of hydrogen-bond donors (Lipinski definition) is 2. The number of sulfonamides is 1. The molecule has 1 unspecified atom stereocenters. The first-order valence-corrected chi connectivity index (χ1v) is 11.1. The lowest BCUT2D eigenvalue weighted by atomic mass is 9.90. The van der Waals surface area contributed by atoms with Gasteiger partial charge in [-0.3, -0.25) is 4.79 Å². The van der Waals surface area contributed by atoms with Crippen molar-refractivity contribution < 1.29 is 13.2 Å². The van der Waals surface area contributed by atoms with Gasteiger partial charge in [-0.2, -0.15) is 4.31 Å². The highest BCUT2D eigenvalue weighted by Crippen LogP contribution is 2.24. The van der Waals surface area contributed by atoms with Crippen LogP contribution in [0.2, 0.25) is 0 Å². The van der Waals surface area contributed by atoms with Crippen LogP contribution in [0.25, 0.3) is 0 Å². The third-order valence-corrected chi connectivity index (χ3v) is 7.13. The molecule has 0 bridgehead atoms. The van der Waals surface area contributed by atoms with E-state index < -0.39 is 15.6 Å². The van der Waals surface area contributed by atoms with Crippen LogP contribution in [0.5, 0.6) is 0 Å². The summed E-state index contributed by atoms with van der Waals surface area (Å²) in [6.07, 6.45) is 2.54. The molecule has 152 valence electrons. The number of nitrogens with one attached hydrogen (secondary N) is 1. The predicted molar refractivity (Wildman–Crippen MR) is 108 cm³/mol. The Balaban J connectivity index is 2.11. The number of carbonyl (C=O) groups is 1. The summed E-state index contributed by atoms with van der Waals surface area (Å²) in [5.74, 6) is 0.725. The summed E-state index contributed by atoms with van der Waals surface area (Å²) in [5.41, 5.74) is 5.80. The Morgan fingerprint density at radius 1 is 1.26 bits per heavy atom. The molecule has 2 rings (SSSR count). The lowest BCUT2D eigenvalue weighted by molar-refractivity contribution is 0.0898. The first kappa shape index (κ1) is 21.9. The van der Waals surface area contributed by atoms with Crippen LogP contribution in [0, 0.1) is 11.8 Å². The van der Waals surface area contributed by atoms with Gasteiger partial charge in [-0.1, -0.05) is 20.8 Å². The predicted octanol–water partition coefficient (Wildman–Crippen LogP) is 2.60. The van der Waals surface area contributed by atoms with E-state index in [4.69, 9.17) is 5.73 Å². The largest absolute Gasteiger partial charge is 0.346 e. The van der Waals surface area contributed by atoms with E-state index in [0.717, 1.165) is 19.3 Å². The molecule has 1 aliphatic heterocycles. The first-order chi connectivity index (χ1) is 12.6. The number of rotatable bonds is 7. The molecule has 1 fully saturated rings. The van der Waals surface area contributed by atoms with Crippen LogP contribution in [0.1, 0.15) is 57.3 Å². The van der Waals surface area contributed by atoms with Gasteiger partial charge in [0, 0.05) is 30.7 Å². The van der Waals surface area contributed by atoms with E-state index in [1.54, 1.807) is 12.1 Å². The molecule has 0 radical (unpaired) electrons. The Labute approximate surface area is 163 Å². The Morgan fingerprint density at radius 2 is 1.81 bits per heavy atom. The minimum atomic E-state index is -3.50. The van der Waals surface area contributed by atoms with E-state index in [2.05, 4.69) is 26.1 Å². The van der Waals surface area contributed by atoms with Crippen molar-refractivity contribution >= 4 is 15.9 Å². The third-order valence-electron chi connectivity index (χ3n) is 5.22. The van der Waals surface area contributed by atoms with Gasteiger partial charge in [-0.25, -0.2) is 8.42 Å². The normalized spacial score (nSPS) is 19.0. The van der Waals surface area contributed by atoms with Crippen molar-refractivity contribution in [1.29, 1.82) is 0 Å². The zero-order valence-electron chi connectivity index (χ0n) is 16.9. The fourth-order valence-corrected chi connectivity index (χ4v) is 5.06. The van der Waals surface area contributed by atoms with Gasteiger partial charge in [-0.05, 0) is 62.3 Å². The zero-order chi connectivity index (χ0) is 20.2. The molecule has 1 heterocycles. The SMILES string of the molecule is CC(C)CC(C)(CN)NC(=O)c1ccc(S(=O)(=O)N2CCC(C)CC2)cc1. The maximum absolute atomic E-state index is 12.8.